The van der Waals surface area contributed by atoms with Crippen LogP contribution in [0.15, 0.2) is 78.9 Å². The molecule has 0 N–H and O–H groups in total. The van der Waals surface area contributed by atoms with Crippen molar-refractivity contribution in [3.05, 3.63) is 83.7 Å². The van der Waals surface area contributed by atoms with Crippen molar-refractivity contribution in [2.24, 2.45) is 0 Å². The second-order valence-electron chi connectivity index (χ2n) is 7.09. The van der Waals surface area contributed by atoms with E-state index in [1.165, 1.54) is 57.0 Å². The van der Waals surface area contributed by atoms with Gasteiger partial charge >= 0.3 is 0 Å². The van der Waals surface area contributed by atoms with Gasteiger partial charge in [0.05, 0.1) is 0 Å². The van der Waals surface area contributed by atoms with E-state index in [9.17, 15) is 0 Å². The molecule has 6 aromatic rings. The normalized spacial score (nSPS) is 11.9. The Kier molecular flexibility index (Phi) is 3.22. The number of benzene rings is 4. The highest BCUT2D eigenvalue weighted by atomic mass is 32.1. The molecule has 0 fully saturated rings. The summed E-state index contributed by atoms with van der Waals surface area (Å²) in [6, 6.07) is 29.2. The van der Waals surface area contributed by atoms with Crippen molar-refractivity contribution in [1.82, 2.24) is 0 Å². The van der Waals surface area contributed by atoms with Crippen LogP contribution in [0.4, 0.5) is 0 Å². The van der Waals surface area contributed by atoms with Gasteiger partial charge < -0.3 is 0 Å². The first-order chi connectivity index (χ1) is 13.3. The van der Waals surface area contributed by atoms with Crippen molar-refractivity contribution in [3.8, 4) is 10.4 Å². The van der Waals surface area contributed by atoms with E-state index in [0.717, 1.165) is 0 Å². The van der Waals surface area contributed by atoms with E-state index in [1.54, 1.807) is 0 Å². The number of rotatable bonds is 1. The molecule has 128 valence electrons. The molecule has 0 saturated carbocycles. The van der Waals surface area contributed by atoms with Gasteiger partial charge in [0.1, 0.15) is 0 Å². The van der Waals surface area contributed by atoms with Crippen molar-refractivity contribution in [2.45, 2.75) is 6.92 Å². The fourth-order valence-electron chi connectivity index (χ4n) is 3.99. The maximum Gasteiger partial charge on any atom is 0.0434 e. The minimum atomic E-state index is 1.31. The minimum Gasteiger partial charge on any atom is -0.141 e. The van der Waals surface area contributed by atoms with E-state index in [-0.39, 0.29) is 0 Å². The Morgan fingerprint density at radius 2 is 1.44 bits per heavy atom. The predicted octanol–water partition coefficient (Wildman–Crippen LogP) is 8.40. The summed E-state index contributed by atoms with van der Waals surface area (Å²) < 4.78 is 2.76. The van der Waals surface area contributed by atoms with Gasteiger partial charge in [0, 0.05) is 35.3 Å². The molecule has 0 radical (unpaired) electrons. The van der Waals surface area contributed by atoms with Crippen molar-refractivity contribution < 1.29 is 0 Å². The van der Waals surface area contributed by atoms with Gasteiger partial charge in [0.25, 0.3) is 0 Å². The first-order valence-corrected chi connectivity index (χ1v) is 10.7. The van der Waals surface area contributed by atoms with E-state index in [1.807, 2.05) is 22.7 Å². The molecule has 0 spiro atoms. The monoisotopic (exact) mass is 380 g/mol. The Morgan fingerprint density at radius 3 is 2.26 bits per heavy atom. The maximum absolute atomic E-state index is 2.37. The van der Waals surface area contributed by atoms with Gasteiger partial charge in [0.2, 0.25) is 0 Å². The lowest BCUT2D eigenvalue weighted by Crippen LogP contribution is -1.77. The van der Waals surface area contributed by atoms with Gasteiger partial charge in [-0.1, -0.05) is 42.5 Å². The Labute approximate surface area is 165 Å². The van der Waals surface area contributed by atoms with Crippen molar-refractivity contribution in [2.75, 3.05) is 0 Å². The molecule has 27 heavy (non-hydrogen) atoms. The third kappa shape index (κ3) is 2.34. The lowest BCUT2D eigenvalue weighted by Gasteiger charge is -2.04. The topological polar surface area (TPSA) is 0 Å². The summed E-state index contributed by atoms with van der Waals surface area (Å²) in [4.78, 5) is 2.71. The molecule has 0 saturated heterocycles. The molecule has 0 bridgehead atoms. The molecule has 2 aromatic heterocycles. The number of thiophene rings is 2. The van der Waals surface area contributed by atoms with Crippen LogP contribution >= 0.6 is 22.7 Å². The number of aryl methyl sites for hydroxylation is 1. The Balaban J connectivity index is 1.68. The van der Waals surface area contributed by atoms with Gasteiger partial charge in [0.15, 0.2) is 0 Å². The molecule has 0 aliphatic rings. The van der Waals surface area contributed by atoms with Gasteiger partial charge in [-0.15, -0.1) is 22.7 Å². The fourth-order valence-corrected chi connectivity index (χ4v) is 6.06. The van der Waals surface area contributed by atoms with Crippen LogP contribution in [0.25, 0.3) is 52.2 Å². The summed E-state index contributed by atoms with van der Waals surface area (Å²) in [7, 11) is 0. The van der Waals surface area contributed by atoms with E-state index in [4.69, 9.17) is 0 Å². The van der Waals surface area contributed by atoms with Crippen LogP contribution in [0.2, 0.25) is 0 Å². The summed E-state index contributed by atoms with van der Waals surface area (Å²) in [6.45, 7) is 2.17. The van der Waals surface area contributed by atoms with E-state index < -0.39 is 0 Å². The molecule has 0 nitrogen and oxygen atoms in total. The maximum atomic E-state index is 2.37. The third-order valence-corrected chi connectivity index (χ3v) is 7.61. The zero-order chi connectivity index (χ0) is 18.0. The highest BCUT2D eigenvalue weighted by Gasteiger charge is 2.11. The molecule has 6 rings (SSSR count). The van der Waals surface area contributed by atoms with Gasteiger partial charge in [-0.05, 0) is 65.0 Å². The van der Waals surface area contributed by atoms with E-state index in [2.05, 4.69) is 85.8 Å². The Hall–Kier alpha value is -2.68. The summed E-state index contributed by atoms with van der Waals surface area (Å²) >= 11 is 3.78. The van der Waals surface area contributed by atoms with E-state index >= 15 is 0 Å². The van der Waals surface area contributed by atoms with Crippen LogP contribution < -0.4 is 0 Å². The fraction of sp³-hybridized carbons (Fsp3) is 0.0400. The van der Waals surface area contributed by atoms with Crippen LogP contribution in [-0.4, -0.2) is 0 Å². The Bertz CT molecular complexity index is 1480. The summed E-state index contributed by atoms with van der Waals surface area (Å²) in [6.07, 6.45) is 0. The molecule has 0 atom stereocenters. The molecule has 4 aromatic carbocycles. The van der Waals surface area contributed by atoms with Crippen LogP contribution in [0.1, 0.15) is 4.88 Å². The van der Waals surface area contributed by atoms with Crippen LogP contribution in [0.5, 0.6) is 0 Å². The smallest absolute Gasteiger partial charge is 0.0434 e. The Morgan fingerprint density at radius 1 is 0.593 bits per heavy atom. The van der Waals surface area contributed by atoms with Crippen molar-refractivity contribution in [3.63, 3.8) is 0 Å². The first kappa shape index (κ1) is 15.4. The minimum absolute atomic E-state index is 1.31. The number of hydrogen-bond donors (Lipinski definition) is 0. The number of hydrogen-bond acceptors (Lipinski definition) is 2. The molecular weight excluding hydrogens is 364 g/mol. The van der Waals surface area contributed by atoms with Crippen LogP contribution in [0, 0.1) is 6.92 Å². The third-order valence-electron chi connectivity index (χ3n) is 5.34. The standard InChI is InChI=1S/C25H16S2/c1-15-6-10-23(26-15)19-8-11-24-22(14-19)20-9-7-18-12-16-4-2-3-5-17(16)13-21(18)25(20)27-24/h2-14H,1H3. The second kappa shape index (κ2) is 5.66. The second-order valence-corrected chi connectivity index (χ2v) is 9.43. The zero-order valence-electron chi connectivity index (χ0n) is 14.8. The lowest BCUT2D eigenvalue weighted by molar-refractivity contribution is 1.64. The van der Waals surface area contributed by atoms with Gasteiger partial charge in [-0.2, -0.15) is 0 Å². The molecule has 2 heteroatoms. The largest absolute Gasteiger partial charge is 0.141 e. The highest BCUT2D eigenvalue weighted by Crippen LogP contribution is 2.41. The first-order valence-electron chi connectivity index (χ1n) is 9.11. The summed E-state index contributed by atoms with van der Waals surface area (Å²) in [5.74, 6) is 0. The zero-order valence-corrected chi connectivity index (χ0v) is 16.5. The SMILES string of the molecule is Cc1ccc(-c2ccc3sc4c5cc6ccccc6cc5ccc4c3c2)s1. The number of fused-ring (bicyclic) bond motifs is 6. The molecule has 0 aliphatic carbocycles. The molecule has 0 aliphatic heterocycles. The molecule has 2 heterocycles. The average Bonchev–Trinajstić information content (AvgIpc) is 3.29. The molecule has 0 unspecified atom stereocenters. The molecular formula is C25H16S2. The van der Waals surface area contributed by atoms with Gasteiger partial charge in [-0.3, -0.25) is 0 Å². The molecule has 0 amide bonds. The average molecular weight is 381 g/mol. The highest BCUT2D eigenvalue weighted by molar-refractivity contribution is 7.26. The van der Waals surface area contributed by atoms with Crippen LogP contribution in [0.3, 0.4) is 0 Å². The van der Waals surface area contributed by atoms with Crippen molar-refractivity contribution in [1.29, 1.82) is 0 Å². The van der Waals surface area contributed by atoms with Crippen LogP contribution in [-0.2, 0) is 0 Å². The lowest BCUT2D eigenvalue weighted by atomic mass is 10.0. The van der Waals surface area contributed by atoms with Gasteiger partial charge in [-0.25, -0.2) is 0 Å². The summed E-state index contributed by atoms with van der Waals surface area (Å²) in [5.41, 5.74) is 1.32. The summed E-state index contributed by atoms with van der Waals surface area (Å²) in [5, 5.41) is 8.04. The van der Waals surface area contributed by atoms with E-state index in [0.29, 0.717) is 0 Å². The predicted molar refractivity (Wildman–Crippen MR) is 122 cm³/mol. The quantitative estimate of drug-likeness (QED) is 0.251. The van der Waals surface area contributed by atoms with Crippen molar-refractivity contribution >= 4 is 64.4 Å².